The van der Waals surface area contributed by atoms with Crippen LogP contribution in [0.2, 0.25) is 0 Å². The molecule has 0 spiro atoms. The number of nitrogens with one attached hydrogen (secondary N) is 1. The van der Waals surface area contributed by atoms with Gasteiger partial charge in [-0.3, -0.25) is 10.3 Å². The topological polar surface area (TPSA) is 21.3 Å². The molecule has 0 atom stereocenters. The Morgan fingerprint density at radius 1 is 1.23 bits per heavy atom. The lowest BCUT2D eigenvalue weighted by Crippen LogP contribution is -2.13. The smallest absolute Gasteiger partial charge is 0.126 e. The van der Waals surface area contributed by atoms with E-state index in [-0.39, 0.29) is 5.82 Å². The number of rotatable bonds is 6. The molecule has 114 valence electrons. The normalized spacial score (nSPS) is 14.9. The van der Waals surface area contributed by atoms with Crippen LogP contribution in [0.1, 0.15) is 29.5 Å². The molecular formula is C19H20FNO. The van der Waals surface area contributed by atoms with Crippen molar-refractivity contribution in [1.82, 2.24) is 5.48 Å². The first kappa shape index (κ1) is 14.8. The minimum absolute atomic E-state index is 0.191. The molecule has 0 bridgehead atoms. The summed E-state index contributed by atoms with van der Waals surface area (Å²) in [6.07, 6.45) is 4.52. The van der Waals surface area contributed by atoms with E-state index in [0.29, 0.717) is 18.1 Å². The standard InChI is InChI=1S/C19H20FNO/c1-14-7-10-17(12-18(14)20)19(11-15-8-9-15)21-22-13-16-5-3-2-4-6-16/h2-7,10-12,15,21H,8-9,13H2,1H3. The molecule has 2 aromatic carbocycles. The largest absolute Gasteiger partial charge is 0.271 e. The van der Waals surface area contributed by atoms with Gasteiger partial charge in [0.25, 0.3) is 0 Å². The summed E-state index contributed by atoms with van der Waals surface area (Å²) < 4.78 is 13.8. The zero-order valence-corrected chi connectivity index (χ0v) is 12.7. The molecule has 1 fully saturated rings. The lowest BCUT2D eigenvalue weighted by Gasteiger charge is -2.12. The van der Waals surface area contributed by atoms with E-state index in [4.69, 9.17) is 4.84 Å². The van der Waals surface area contributed by atoms with Crippen LogP contribution >= 0.6 is 0 Å². The molecule has 1 saturated carbocycles. The molecule has 0 unspecified atom stereocenters. The van der Waals surface area contributed by atoms with E-state index in [0.717, 1.165) is 16.8 Å². The summed E-state index contributed by atoms with van der Waals surface area (Å²) in [5.41, 5.74) is 6.41. The monoisotopic (exact) mass is 297 g/mol. The van der Waals surface area contributed by atoms with E-state index in [9.17, 15) is 4.39 Å². The minimum Gasteiger partial charge on any atom is -0.271 e. The average Bonchev–Trinajstić information content (AvgIpc) is 3.34. The van der Waals surface area contributed by atoms with Gasteiger partial charge in [0, 0.05) is 5.56 Å². The van der Waals surface area contributed by atoms with Gasteiger partial charge in [-0.15, -0.1) is 0 Å². The highest BCUT2D eigenvalue weighted by molar-refractivity contribution is 5.64. The highest BCUT2D eigenvalue weighted by Gasteiger charge is 2.20. The number of aryl methyl sites for hydroxylation is 1. The molecule has 3 rings (SSSR count). The maximum Gasteiger partial charge on any atom is 0.126 e. The predicted molar refractivity (Wildman–Crippen MR) is 86.2 cm³/mol. The molecule has 0 aliphatic heterocycles. The van der Waals surface area contributed by atoms with E-state index in [1.54, 1.807) is 19.1 Å². The number of benzene rings is 2. The van der Waals surface area contributed by atoms with Crippen LogP contribution < -0.4 is 5.48 Å². The van der Waals surface area contributed by atoms with Crippen LogP contribution in [-0.4, -0.2) is 0 Å². The van der Waals surface area contributed by atoms with Crippen molar-refractivity contribution >= 4 is 5.70 Å². The molecule has 22 heavy (non-hydrogen) atoms. The number of hydroxylamine groups is 1. The first-order valence-corrected chi connectivity index (χ1v) is 7.62. The molecule has 0 saturated heterocycles. The van der Waals surface area contributed by atoms with Crippen LogP contribution in [0, 0.1) is 18.7 Å². The lowest BCUT2D eigenvalue weighted by molar-refractivity contribution is 0.0644. The van der Waals surface area contributed by atoms with Crippen LogP contribution in [0.3, 0.4) is 0 Å². The number of hydrogen-bond acceptors (Lipinski definition) is 2. The fraction of sp³-hybridized carbons (Fsp3) is 0.263. The highest BCUT2D eigenvalue weighted by atomic mass is 19.1. The van der Waals surface area contributed by atoms with Crippen molar-refractivity contribution < 1.29 is 9.23 Å². The number of allylic oxidation sites excluding steroid dienone is 1. The zero-order valence-electron chi connectivity index (χ0n) is 12.7. The molecule has 1 aliphatic rings. The molecule has 1 N–H and O–H groups in total. The summed E-state index contributed by atoms with van der Waals surface area (Å²) in [6.45, 7) is 2.24. The number of hydrogen-bond donors (Lipinski definition) is 1. The van der Waals surface area contributed by atoms with Crippen molar-refractivity contribution in [3.05, 3.63) is 77.1 Å². The SMILES string of the molecule is Cc1ccc(C(=CC2CC2)NOCc2ccccc2)cc1F. The summed E-state index contributed by atoms with van der Waals surface area (Å²) in [5.74, 6) is 0.385. The fourth-order valence-corrected chi connectivity index (χ4v) is 2.22. The summed E-state index contributed by atoms with van der Waals surface area (Å²) in [7, 11) is 0. The van der Waals surface area contributed by atoms with Gasteiger partial charge >= 0.3 is 0 Å². The van der Waals surface area contributed by atoms with Gasteiger partial charge in [-0.25, -0.2) is 4.39 Å². The summed E-state index contributed by atoms with van der Waals surface area (Å²) in [6, 6.07) is 15.2. The third-order valence-corrected chi connectivity index (χ3v) is 3.77. The Bertz CT molecular complexity index is 662. The highest BCUT2D eigenvalue weighted by Crippen LogP contribution is 2.33. The molecule has 0 amide bonds. The van der Waals surface area contributed by atoms with Gasteiger partial charge in [-0.2, -0.15) is 0 Å². The minimum atomic E-state index is -0.191. The molecule has 0 aromatic heterocycles. The molecule has 2 nitrogen and oxygen atoms in total. The average molecular weight is 297 g/mol. The molecule has 1 aliphatic carbocycles. The Kier molecular flexibility index (Phi) is 4.54. The van der Waals surface area contributed by atoms with Gasteiger partial charge < -0.3 is 0 Å². The van der Waals surface area contributed by atoms with Gasteiger partial charge in [0.1, 0.15) is 5.82 Å². The van der Waals surface area contributed by atoms with Crippen molar-refractivity contribution in [3.63, 3.8) is 0 Å². The quantitative estimate of drug-likeness (QED) is 0.786. The van der Waals surface area contributed by atoms with Crippen LogP contribution in [0.25, 0.3) is 5.70 Å². The molecule has 0 radical (unpaired) electrons. The maximum absolute atomic E-state index is 13.8. The second-order valence-corrected chi connectivity index (χ2v) is 5.76. The fourth-order valence-electron chi connectivity index (χ4n) is 2.22. The Morgan fingerprint density at radius 3 is 2.68 bits per heavy atom. The number of halogens is 1. The van der Waals surface area contributed by atoms with E-state index >= 15 is 0 Å². The Hall–Kier alpha value is -2.13. The summed E-state index contributed by atoms with van der Waals surface area (Å²) >= 11 is 0. The zero-order chi connectivity index (χ0) is 15.4. The van der Waals surface area contributed by atoms with E-state index in [2.05, 4.69) is 11.6 Å². The van der Waals surface area contributed by atoms with Crippen molar-refractivity contribution in [2.24, 2.45) is 5.92 Å². The first-order valence-electron chi connectivity index (χ1n) is 7.62. The molecule has 3 heteroatoms. The van der Waals surface area contributed by atoms with Crippen LogP contribution in [0.5, 0.6) is 0 Å². The van der Waals surface area contributed by atoms with Gasteiger partial charge in [0.05, 0.1) is 12.3 Å². The van der Waals surface area contributed by atoms with Crippen LogP contribution in [-0.2, 0) is 11.4 Å². The van der Waals surface area contributed by atoms with Gasteiger partial charge in [0.2, 0.25) is 0 Å². The first-order chi connectivity index (χ1) is 10.7. The molecular weight excluding hydrogens is 277 g/mol. The van der Waals surface area contributed by atoms with E-state index < -0.39 is 0 Å². The Balaban J connectivity index is 1.69. The summed E-state index contributed by atoms with van der Waals surface area (Å²) in [5, 5.41) is 0. The lowest BCUT2D eigenvalue weighted by atomic mass is 10.1. The maximum atomic E-state index is 13.8. The summed E-state index contributed by atoms with van der Waals surface area (Å²) in [4.78, 5) is 5.59. The van der Waals surface area contributed by atoms with Crippen molar-refractivity contribution in [2.45, 2.75) is 26.4 Å². The van der Waals surface area contributed by atoms with Crippen molar-refractivity contribution in [3.8, 4) is 0 Å². The molecule has 0 heterocycles. The third-order valence-electron chi connectivity index (χ3n) is 3.77. The van der Waals surface area contributed by atoms with Gasteiger partial charge in [0.15, 0.2) is 0 Å². The molecule has 2 aromatic rings. The van der Waals surface area contributed by atoms with E-state index in [1.165, 1.54) is 12.8 Å². The Labute approximate surface area is 130 Å². The predicted octanol–water partition coefficient (Wildman–Crippen LogP) is 4.61. The van der Waals surface area contributed by atoms with Crippen LogP contribution in [0.15, 0.2) is 54.6 Å². The van der Waals surface area contributed by atoms with Crippen molar-refractivity contribution in [1.29, 1.82) is 0 Å². The van der Waals surface area contributed by atoms with Gasteiger partial charge in [-0.05, 0) is 42.9 Å². The Morgan fingerprint density at radius 2 is 2.00 bits per heavy atom. The van der Waals surface area contributed by atoms with Gasteiger partial charge in [-0.1, -0.05) is 48.5 Å². The second kappa shape index (κ2) is 6.75. The van der Waals surface area contributed by atoms with Crippen molar-refractivity contribution in [2.75, 3.05) is 0 Å². The van der Waals surface area contributed by atoms with Crippen LogP contribution in [0.4, 0.5) is 4.39 Å². The van der Waals surface area contributed by atoms with E-state index in [1.807, 2.05) is 36.4 Å². The second-order valence-electron chi connectivity index (χ2n) is 5.76. The third kappa shape index (κ3) is 3.95.